The SMILES string of the molecule is O=c1c2cc3c(=O)n(-c4ccn[nH]4)ccc3nc2ccn1Cc1ccncc1. The maximum atomic E-state index is 13.0. The van der Waals surface area contributed by atoms with E-state index >= 15 is 0 Å². The highest BCUT2D eigenvalue weighted by atomic mass is 16.1. The molecule has 0 atom stereocenters. The molecule has 0 aliphatic heterocycles. The fourth-order valence-corrected chi connectivity index (χ4v) is 3.25. The summed E-state index contributed by atoms with van der Waals surface area (Å²) >= 11 is 0. The summed E-state index contributed by atoms with van der Waals surface area (Å²) in [6.07, 6.45) is 8.31. The van der Waals surface area contributed by atoms with Gasteiger partial charge in [0.05, 0.1) is 34.5 Å². The van der Waals surface area contributed by atoms with Gasteiger partial charge in [0.1, 0.15) is 5.82 Å². The highest BCUT2D eigenvalue weighted by molar-refractivity contribution is 5.91. The van der Waals surface area contributed by atoms with Crippen molar-refractivity contribution in [2.45, 2.75) is 6.54 Å². The number of H-pyrrole nitrogens is 1. The highest BCUT2D eigenvalue weighted by Gasteiger charge is 2.11. The van der Waals surface area contributed by atoms with E-state index in [1.165, 1.54) is 4.57 Å². The first-order valence-electron chi connectivity index (χ1n) is 8.65. The van der Waals surface area contributed by atoms with Crippen LogP contribution in [-0.4, -0.2) is 29.3 Å². The van der Waals surface area contributed by atoms with Gasteiger partial charge in [-0.2, -0.15) is 5.10 Å². The first-order chi connectivity index (χ1) is 13.7. The van der Waals surface area contributed by atoms with Gasteiger partial charge in [-0.25, -0.2) is 4.98 Å². The predicted octanol–water partition coefficient (Wildman–Crippen LogP) is 1.87. The molecule has 1 N–H and O–H groups in total. The zero-order valence-corrected chi connectivity index (χ0v) is 14.6. The average molecular weight is 370 g/mol. The lowest BCUT2D eigenvalue weighted by molar-refractivity contribution is 0.766. The van der Waals surface area contributed by atoms with E-state index in [1.807, 2.05) is 12.1 Å². The first kappa shape index (κ1) is 16.1. The molecule has 0 amide bonds. The molecule has 8 heteroatoms. The number of hydrogen-bond acceptors (Lipinski definition) is 5. The Balaban J connectivity index is 1.71. The molecule has 8 nitrogen and oxygen atoms in total. The van der Waals surface area contributed by atoms with Crippen molar-refractivity contribution in [1.29, 1.82) is 0 Å². The Morgan fingerprint density at radius 1 is 0.857 bits per heavy atom. The molecule has 0 unspecified atom stereocenters. The number of pyridine rings is 4. The van der Waals surface area contributed by atoms with Crippen LogP contribution in [0.25, 0.3) is 27.6 Å². The Kier molecular flexibility index (Phi) is 3.61. The van der Waals surface area contributed by atoms with E-state index in [0.717, 1.165) is 5.56 Å². The van der Waals surface area contributed by atoms with E-state index in [0.29, 0.717) is 34.2 Å². The number of aromatic amines is 1. The Bertz CT molecular complexity index is 1420. The zero-order valence-electron chi connectivity index (χ0n) is 14.6. The zero-order chi connectivity index (χ0) is 19.1. The average Bonchev–Trinajstić information content (AvgIpc) is 3.25. The van der Waals surface area contributed by atoms with Gasteiger partial charge in [-0.3, -0.25) is 24.2 Å². The maximum absolute atomic E-state index is 13.0. The second-order valence-electron chi connectivity index (χ2n) is 6.39. The van der Waals surface area contributed by atoms with Crippen LogP contribution in [0.5, 0.6) is 0 Å². The molecule has 0 fully saturated rings. The minimum Gasteiger partial charge on any atom is -0.310 e. The normalized spacial score (nSPS) is 11.3. The lowest BCUT2D eigenvalue weighted by Crippen LogP contribution is -2.22. The molecule has 0 spiro atoms. The molecule has 0 saturated carbocycles. The third kappa shape index (κ3) is 2.59. The third-order valence-electron chi connectivity index (χ3n) is 4.66. The molecular weight excluding hydrogens is 356 g/mol. The standard InChI is InChI=1S/C20H14N6O2/c27-19-14-11-15-17(5-10-26(20(15)28)18-3-8-22-24-18)23-16(14)4-9-25(19)12-13-1-6-21-7-2-13/h1-11H,12H2,(H,22,24). The molecule has 0 bridgehead atoms. The highest BCUT2D eigenvalue weighted by Crippen LogP contribution is 2.15. The summed E-state index contributed by atoms with van der Waals surface area (Å²) in [5.74, 6) is 0.551. The summed E-state index contributed by atoms with van der Waals surface area (Å²) in [6, 6.07) is 10.6. The van der Waals surface area contributed by atoms with Crippen molar-refractivity contribution in [3.63, 3.8) is 0 Å². The summed E-state index contributed by atoms with van der Waals surface area (Å²) in [6.45, 7) is 0.419. The van der Waals surface area contributed by atoms with Crippen LogP contribution in [0.15, 0.2) is 77.0 Å². The van der Waals surface area contributed by atoms with Crippen molar-refractivity contribution in [1.82, 2.24) is 29.3 Å². The van der Waals surface area contributed by atoms with Crippen LogP contribution in [0.4, 0.5) is 0 Å². The summed E-state index contributed by atoms with van der Waals surface area (Å²) < 4.78 is 3.04. The van der Waals surface area contributed by atoms with Gasteiger partial charge >= 0.3 is 0 Å². The first-order valence-corrected chi connectivity index (χ1v) is 8.65. The van der Waals surface area contributed by atoms with Crippen LogP contribution in [0.3, 0.4) is 0 Å². The van der Waals surface area contributed by atoms with Gasteiger partial charge < -0.3 is 4.57 Å². The summed E-state index contributed by atoms with van der Waals surface area (Å²) in [7, 11) is 0. The van der Waals surface area contributed by atoms with Gasteiger partial charge in [-0.05, 0) is 35.9 Å². The van der Waals surface area contributed by atoms with Crippen molar-refractivity contribution < 1.29 is 0 Å². The van der Waals surface area contributed by atoms with Crippen LogP contribution >= 0.6 is 0 Å². The fourth-order valence-electron chi connectivity index (χ4n) is 3.25. The van der Waals surface area contributed by atoms with E-state index in [-0.39, 0.29) is 11.1 Å². The summed E-state index contributed by atoms with van der Waals surface area (Å²) in [4.78, 5) is 34.4. The van der Waals surface area contributed by atoms with Gasteiger partial charge in [-0.1, -0.05) is 0 Å². The fraction of sp³-hybridized carbons (Fsp3) is 0.0500. The number of nitrogens with zero attached hydrogens (tertiary/aromatic N) is 5. The quantitative estimate of drug-likeness (QED) is 0.489. The minimum absolute atomic E-state index is 0.194. The number of aromatic nitrogens is 6. The van der Waals surface area contributed by atoms with Gasteiger partial charge in [0.2, 0.25) is 0 Å². The van der Waals surface area contributed by atoms with Crippen molar-refractivity contribution in [2.24, 2.45) is 0 Å². The van der Waals surface area contributed by atoms with Crippen LogP contribution in [0.1, 0.15) is 5.56 Å². The Morgan fingerprint density at radius 2 is 1.61 bits per heavy atom. The molecule has 0 aliphatic carbocycles. The monoisotopic (exact) mass is 370 g/mol. The smallest absolute Gasteiger partial charge is 0.265 e. The van der Waals surface area contributed by atoms with Crippen molar-refractivity contribution >= 4 is 21.8 Å². The molecule has 5 rings (SSSR count). The Morgan fingerprint density at radius 3 is 2.36 bits per heavy atom. The molecule has 136 valence electrons. The molecule has 5 heterocycles. The second kappa shape index (κ2) is 6.27. The van der Waals surface area contributed by atoms with E-state index in [9.17, 15) is 9.59 Å². The van der Waals surface area contributed by atoms with Crippen LogP contribution < -0.4 is 11.1 Å². The van der Waals surface area contributed by atoms with E-state index < -0.39 is 0 Å². The summed E-state index contributed by atoms with van der Waals surface area (Å²) in [5, 5.41) is 7.43. The maximum Gasteiger partial charge on any atom is 0.265 e. The van der Waals surface area contributed by atoms with Crippen molar-refractivity contribution in [3.8, 4) is 5.82 Å². The summed E-state index contributed by atoms with van der Waals surface area (Å²) in [5.41, 5.74) is 1.61. The van der Waals surface area contributed by atoms with Gasteiger partial charge in [0.25, 0.3) is 11.1 Å². The minimum atomic E-state index is -0.264. The molecule has 0 aliphatic rings. The molecule has 0 saturated heterocycles. The molecule has 0 aromatic carbocycles. The molecular formula is C20H14N6O2. The topological polar surface area (TPSA) is 98.5 Å². The molecule has 5 aromatic heterocycles. The Labute approximate surface area is 157 Å². The van der Waals surface area contributed by atoms with Crippen LogP contribution in [-0.2, 0) is 6.54 Å². The second-order valence-corrected chi connectivity index (χ2v) is 6.39. The lowest BCUT2D eigenvalue weighted by Gasteiger charge is -2.09. The molecule has 28 heavy (non-hydrogen) atoms. The molecule has 5 aromatic rings. The van der Waals surface area contributed by atoms with Crippen LogP contribution in [0.2, 0.25) is 0 Å². The van der Waals surface area contributed by atoms with E-state index in [2.05, 4.69) is 20.2 Å². The van der Waals surface area contributed by atoms with Gasteiger partial charge in [0, 0.05) is 30.9 Å². The van der Waals surface area contributed by atoms with Crippen molar-refractivity contribution in [3.05, 3.63) is 93.7 Å². The Hall–Kier alpha value is -4.07. The van der Waals surface area contributed by atoms with E-state index in [4.69, 9.17) is 0 Å². The van der Waals surface area contributed by atoms with Crippen molar-refractivity contribution in [2.75, 3.05) is 0 Å². The number of fused-ring (bicyclic) bond motifs is 2. The lowest BCUT2D eigenvalue weighted by atomic mass is 10.2. The predicted molar refractivity (Wildman–Crippen MR) is 105 cm³/mol. The van der Waals surface area contributed by atoms with E-state index in [1.54, 1.807) is 59.8 Å². The van der Waals surface area contributed by atoms with Gasteiger partial charge in [-0.15, -0.1) is 0 Å². The van der Waals surface area contributed by atoms with Gasteiger partial charge in [0.15, 0.2) is 0 Å². The van der Waals surface area contributed by atoms with Crippen LogP contribution in [0, 0.1) is 0 Å². The number of nitrogens with one attached hydrogen (secondary N) is 1. The molecule has 0 radical (unpaired) electrons. The third-order valence-corrected chi connectivity index (χ3v) is 4.66. The largest absolute Gasteiger partial charge is 0.310 e. The number of hydrogen-bond donors (Lipinski definition) is 1. The number of rotatable bonds is 3.